The third kappa shape index (κ3) is 3.86. The van der Waals surface area contributed by atoms with Crippen LogP contribution in [0.4, 0.5) is 0 Å². The van der Waals surface area contributed by atoms with Crippen LogP contribution in [-0.4, -0.2) is 24.3 Å². The summed E-state index contributed by atoms with van der Waals surface area (Å²) in [4.78, 5) is 31.3. The van der Waals surface area contributed by atoms with E-state index in [0.717, 1.165) is 11.3 Å². The highest BCUT2D eigenvalue weighted by atomic mass is 32.1. The summed E-state index contributed by atoms with van der Waals surface area (Å²) in [5.41, 5.74) is 1.40. The summed E-state index contributed by atoms with van der Waals surface area (Å²) >= 11 is 1.26. The van der Waals surface area contributed by atoms with Crippen LogP contribution in [0.15, 0.2) is 61.9 Å². The molecule has 0 saturated carbocycles. The van der Waals surface area contributed by atoms with Gasteiger partial charge in [0.2, 0.25) is 0 Å². The molecule has 0 bridgehead atoms. The van der Waals surface area contributed by atoms with Gasteiger partial charge in [0.05, 0.1) is 35.6 Å². The van der Waals surface area contributed by atoms with Gasteiger partial charge in [0.25, 0.3) is 5.56 Å². The zero-order valence-electron chi connectivity index (χ0n) is 17.7. The first-order chi connectivity index (χ1) is 14.9. The highest BCUT2D eigenvalue weighted by Gasteiger charge is 2.33. The van der Waals surface area contributed by atoms with Gasteiger partial charge >= 0.3 is 5.97 Å². The second-order valence-corrected chi connectivity index (χ2v) is 8.03. The van der Waals surface area contributed by atoms with Crippen LogP contribution in [-0.2, 0) is 9.53 Å². The van der Waals surface area contributed by atoms with E-state index in [2.05, 4.69) is 4.99 Å². The van der Waals surface area contributed by atoms with Crippen LogP contribution in [0.5, 0.6) is 5.75 Å². The summed E-state index contributed by atoms with van der Waals surface area (Å²) in [6.07, 6.45) is 1.70. The van der Waals surface area contributed by atoms with Crippen molar-refractivity contribution >= 4 is 23.4 Å². The van der Waals surface area contributed by atoms with Gasteiger partial charge in [-0.05, 0) is 50.6 Å². The number of fused-ring (bicyclic) bond motifs is 1. The van der Waals surface area contributed by atoms with Crippen molar-refractivity contribution in [3.63, 3.8) is 0 Å². The smallest absolute Gasteiger partial charge is 0.338 e. The van der Waals surface area contributed by atoms with Crippen molar-refractivity contribution in [2.75, 3.05) is 13.7 Å². The number of carbonyl (C=O) groups is 1. The van der Waals surface area contributed by atoms with E-state index >= 15 is 0 Å². The van der Waals surface area contributed by atoms with Gasteiger partial charge in [0.1, 0.15) is 17.3 Å². The lowest BCUT2D eigenvalue weighted by Crippen LogP contribution is -2.39. The fourth-order valence-corrected chi connectivity index (χ4v) is 4.58. The summed E-state index contributed by atoms with van der Waals surface area (Å²) in [5, 5.41) is 0. The van der Waals surface area contributed by atoms with E-state index in [9.17, 15) is 9.59 Å². The average Bonchev–Trinajstić information content (AvgIpc) is 3.30. The maximum absolute atomic E-state index is 13.4. The standard InChI is InChI=1S/C23H22N2O5S/c1-5-29-22(27)19-14(3)24-23-25(20(19)15-7-10-16(28-4)11-8-15)21(26)18(31-23)12-17-9-6-13(2)30-17/h6-12,20H,5H2,1-4H3/b18-12+. The molecule has 0 radical (unpaired) electrons. The Morgan fingerprint density at radius 2 is 1.97 bits per heavy atom. The van der Waals surface area contributed by atoms with E-state index in [0.29, 0.717) is 32.1 Å². The maximum Gasteiger partial charge on any atom is 0.338 e. The molecule has 2 aromatic heterocycles. The number of furan rings is 1. The Balaban J connectivity index is 1.94. The van der Waals surface area contributed by atoms with Crippen LogP contribution in [0.2, 0.25) is 0 Å². The molecule has 0 amide bonds. The number of thiazole rings is 1. The SMILES string of the molecule is CCOC(=O)C1=C(C)N=c2s/c(=C/c3ccc(C)o3)c(=O)n2C1c1ccc(OC)cc1. The molecule has 0 fully saturated rings. The molecule has 3 aromatic rings. The van der Waals surface area contributed by atoms with E-state index in [-0.39, 0.29) is 12.2 Å². The number of allylic oxidation sites excluding steroid dienone is 1. The molecule has 1 aliphatic heterocycles. The first-order valence-corrected chi connectivity index (χ1v) is 10.6. The van der Waals surface area contributed by atoms with Crippen molar-refractivity contribution in [1.29, 1.82) is 0 Å². The highest BCUT2D eigenvalue weighted by Crippen LogP contribution is 2.31. The zero-order valence-corrected chi connectivity index (χ0v) is 18.5. The second kappa shape index (κ2) is 8.39. The number of esters is 1. The van der Waals surface area contributed by atoms with Crippen LogP contribution < -0.4 is 19.6 Å². The van der Waals surface area contributed by atoms with Gasteiger partial charge < -0.3 is 13.9 Å². The molecule has 1 aromatic carbocycles. The van der Waals surface area contributed by atoms with E-state index in [1.54, 1.807) is 43.7 Å². The molecule has 160 valence electrons. The topological polar surface area (TPSA) is 83.0 Å². The van der Waals surface area contributed by atoms with Gasteiger partial charge in [-0.1, -0.05) is 23.5 Å². The maximum atomic E-state index is 13.4. The highest BCUT2D eigenvalue weighted by molar-refractivity contribution is 7.07. The van der Waals surface area contributed by atoms with Gasteiger partial charge in [0, 0.05) is 6.08 Å². The van der Waals surface area contributed by atoms with E-state index < -0.39 is 12.0 Å². The summed E-state index contributed by atoms with van der Waals surface area (Å²) in [6.45, 7) is 5.58. The monoisotopic (exact) mass is 438 g/mol. The van der Waals surface area contributed by atoms with E-state index in [1.165, 1.54) is 11.3 Å². The number of rotatable bonds is 5. The van der Waals surface area contributed by atoms with Crippen LogP contribution in [0.25, 0.3) is 6.08 Å². The number of aryl methyl sites for hydroxylation is 1. The zero-order chi connectivity index (χ0) is 22.1. The molecule has 8 heteroatoms. The largest absolute Gasteiger partial charge is 0.497 e. The second-order valence-electron chi connectivity index (χ2n) is 7.02. The number of aromatic nitrogens is 1. The third-order valence-electron chi connectivity index (χ3n) is 4.98. The van der Waals surface area contributed by atoms with Gasteiger partial charge in [-0.15, -0.1) is 0 Å². The van der Waals surface area contributed by atoms with Crippen molar-refractivity contribution in [3.8, 4) is 5.75 Å². The fraction of sp³-hybridized carbons (Fsp3) is 0.261. The van der Waals surface area contributed by atoms with Gasteiger partial charge in [-0.25, -0.2) is 9.79 Å². The first kappa shape index (κ1) is 20.9. The minimum absolute atomic E-state index is 0.229. The van der Waals surface area contributed by atoms with E-state index in [1.807, 2.05) is 31.2 Å². The minimum atomic E-state index is -0.651. The minimum Gasteiger partial charge on any atom is -0.497 e. The number of methoxy groups -OCH3 is 1. The van der Waals surface area contributed by atoms with Crippen LogP contribution in [0.1, 0.15) is 37.0 Å². The van der Waals surface area contributed by atoms with Crippen molar-refractivity contribution < 1.29 is 18.7 Å². The Bertz CT molecular complexity index is 1340. The lowest BCUT2D eigenvalue weighted by Gasteiger charge is -2.24. The van der Waals surface area contributed by atoms with Gasteiger partial charge in [0.15, 0.2) is 4.80 Å². The Kier molecular flexibility index (Phi) is 5.65. The number of benzene rings is 1. The van der Waals surface area contributed by atoms with Crippen molar-refractivity contribution in [1.82, 2.24) is 4.57 Å². The Labute approximate surface area is 182 Å². The number of hydrogen-bond donors (Lipinski definition) is 0. The lowest BCUT2D eigenvalue weighted by atomic mass is 9.96. The van der Waals surface area contributed by atoms with Crippen LogP contribution >= 0.6 is 11.3 Å². The van der Waals surface area contributed by atoms with Gasteiger partial charge in [-0.2, -0.15) is 0 Å². The molecule has 1 atom stereocenters. The lowest BCUT2D eigenvalue weighted by molar-refractivity contribution is -0.139. The fourth-order valence-electron chi connectivity index (χ4n) is 3.55. The molecule has 4 rings (SSSR count). The summed E-state index contributed by atoms with van der Waals surface area (Å²) < 4.78 is 18.2. The Morgan fingerprint density at radius 1 is 1.23 bits per heavy atom. The molecule has 1 aliphatic rings. The average molecular weight is 439 g/mol. The van der Waals surface area contributed by atoms with Crippen molar-refractivity contribution in [2.45, 2.75) is 26.8 Å². The quantitative estimate of drug-likeness (QED) is 0.572. The van der Waals surface area contributed by atoms with Crippen LogP contribution in [0, 0.1) is 6.92 Å². The Hall–Kier alpha value is -3.39. The summed E-state index contributed by atoms with van der Waals surface area (Å²) in [5.74, 6) is 1.55. The molecule has 31 heavy (non-hydrogen) atoms. The predicted molar refractivity (Wildman–Crippen MR) is 117 cm³/mol. The van der Waals surface area contributed by atoms with Crippen molar-refractivity contribution in [3.05, 3.63) is 84.4 Å². The molecule has 0 spiro atoms. The molecule has 7 nitrogen and oxygen atoms in total. The molecule has 0 saturated heterocycles. The summed E-state index contributed by atoms with van der Waals surface area (Å²) in [7, 11) is 1.59. The molecule has 1 unspecified atom stereocenters. The molecule has 3 heterocycles. The van der Waals surface area contributed by atoms with Gasteiger partial charge in [-0.3, -0.25) is 9.36 Å². The number of nitrogens with zero attached hydrogens (tertiary/aromatic N) is 2. The number of carbonyl (C=O) groups excluding carboxylic acids is 1. The molecule has 0 aliphatic carbocycles. The first-order valence-electron chi connectivity index (χ1n) is 9.83. The molecular formula is C23H22N2O5S. The normalized spacial score (nSPS) is 16.1. The molecular weight excluding hydrogens is 416 g/mol. The van der Waals surface area contributed by atoms with Crippen molar-refractivity contribution in [2.24, 2.45) is 4.99 Å². The Morgan fingerprint density at radius 3 is 2.58 bits per heavy atom. The number of hydrogen-bond acceptors (Lipinski definition) is 7. The third-order valence-corrected chi connectivity index (χ3v) is 5.97. The molecule has 0 N–H and O–H groups in total. The predicted octanol–water partition coefficient (Wildman–Crippen LogP) is 2.71. The van der Waals surface area contributed by atoms with E-state index in [4.69, 9.17) is 13.9 Å². The van der Waals surface area contributed by atoms with Crippen LogP contribution in [0.3, 0.4) is 0 Å². The summed E-state index contributed by atoms with van der Waals surface area (Å²) in [6, 6.07) is 10.3. The number of ether oxygens (including phenoxy) is 2.